The van der Waals surface area contributed by atoms with Crippen LogP contribution in [-0.4, -0.2) is 30.4 Å². The van der Waals surface area contributed by atoms with Crippen molar-refractivity contribution in [2.24, 2.45) is 4.99 Å². The Kier molecular flexibility index (Phi) is 4.40. The Hall–Kier alpha value is -1.20. The van der Waals surface area contributed by atoms with Gasteiger partial charge in [0.15, 0.2) is 0 Å². The van der Waals surface area contributed by atoms with E-state index in [1.165, 1.54) is 6.42 Å². The number of rotatable bonds is 2. The predicted molar refractivity (Wildman–Crippen MR) is 87.0 cm³/mol. The zero-order valence-corrected chi connectivity index (χ0v) is 13.6. The van der Waals surface area contributed by atoms with Gasteiger partial charge in [-0.15, -0.1) is 0 Å². The molecule has 3 rings (SSSR count). The molecule has 4 nitrogen and oxygen atoms in total. The lowest BCUT2D eigenvalue weighted by Crippen LogP contribution is -2.32. The normalized spacial score (nSPS) is 25.6. The number of ether oxygens (including phenoxy) is 1. The van der Waals surface area contributed by atoms with Crippen molar-refractivity contribution in [3.05, 3.63) is 28.2 Å². The van der Waals surface area contributed by atoms with Crippen LogP contribution in [0.25, 0.3) is 0 Å². The van der Waals surface area contributed by atoms with E-state index in [1.807, 2.05) is 25.1 Å². The lowest BCUT2D eigenvalue weighted by Gasteiger charge is -2.24. The largest absolute Gasteiger partial charge is 0.378 e. The molecule has 2 heterocycles. The third-order valence-electron chi connectivity index (χ3n) is 4.04. The Labute approximate surface area is 133 Å². The van der Waals surface area contributed by atoms with Crippen LogP contribution in [0.1, 0.15) is 38.2 Å². The fourth-order valence-electron chi connectivity index (χ4n) is 2.90. The number of aliphatic imine (C=N–C) groups is 1. The number of nitrogens with zero attached hydrogens (tertiary/aromatic N) is 1. The van der Waals surface area contributed by atoms with Crippen molar-refractivity contribution in [1.29, 1.82) is 0 Å². The quantitative estimate of drug-likeness (QED) is 0.886. The molecule has 0 aromatic heterocycles. The topological polar surface area (TPSA) is 50.7 Å². The summed E-state index contributed by atoms with van der Waals surface area (Å²) in [7, 11) is 0. The van der Waals surface area contributed by atoms with Crippen LogP contribution in [-0.2, 0) is 9.53 Å². The van der Waals surface area contributed by atoms with Crippen LogP contribution in [0.4, 0.5) is 5.69 Å². The van der Waals surface area contributed by atoms with E-state index >= 15 is 0 Å². The number of carbonyl (C=O) groups is 1. The van der Waals surface area contributed by atoms with E-state index in [9.17, 15) is 4.79 Å². The highest BCUT2D eigenvalue weighted by molar-refractivity contribution is 9.10. The molecule has 1 saturated heterocycles. The first kappa shape index (κ1) is 14.7. The van der Waals surface area contributed by atoms with E-state index in [2.05, 4.69) is 26.2 Å². The molecule has 0 saturated carbocycles. The number of halogens is 1. The van der Waals surface area contributed by atoms with Gasteiger partial charge >= 0.3 is 0 Å². The Bertz CT molecular complexity index is 580. The van der Waals surface area contributed by atoms with Crippen molar-refractivity contribution in [3.8, 4) is 0 Å². The monoisotopic (exact) mass is 350 g/mol. The van der Waals surface area contributed by atoms with E-state index in [0.29, 0.717) is 6.42 Å². The molecule has 2 atom stereocenters. The standard InChI is InChI=1S/C16H19BrN2O2/c1-10-13-8-11(17)5-6-14(13)19-16(20)15(18-10)9-12-4-2-3-7-21-12/h5-6,8,12,15H,2-4,7,9H2,1H3,(H,19,20). The van der Waals surface area contributed by atoms with Gasteiger partial charge in [0.1, 0.15) is 6.04 Å². The summed E-state index contributed by atoms with van der Waals surface area (Å²) in [6, 6.07) is 5.47. The van der Waals surface area contributed by atoms with Crippen LogP contribution in [0.3, 0.4) is 0 Å². The SMILES string of the molecule is CC1=NC(CC2CCCCO2)C(=O)Nc2ccc(Br)cc21. The van der Waals surface area contributed by atoms with E-state index in [-0.39, 0.29) is 18.1 Å². The first-order valence-electron chi connectivity index (χ1n) is 7.40. The van der Waals surface area contributed by atoms with Crippen LogP contribution in [0, 0.1) is 0 Å². The third-order valence-corrected chi connectivity index (χ3v) is 4.53. The van der Waals surface area contributed by atoms with Gasteiger partial charge in [0.05, 0.1) is 6.10 Å². The first-order valence-corrected chi connectivity index (χ1v) is 8.19. The molecule has 0 radical (unpaired) electrons. The van der Waals surface area contributed by atoms with Gasteiger partial charge in [0.25, 0.3) is 0 Å². The zero-order chi connectivity index (χ0) is 14.8. The lowest BCUT2D eigenvalue weighted by atomic mass is 10.0. The number of nitrogens with one attached hydrogen (secondary N) is 1. The van der Waals surface area contributed by atoms with Crippen molar-refractivity contribution in [1.82, 2.24) is 0 Å². The highest BCUT2D eigenvalue weighted by Crippen LogP contribution is 2.27. The number of carbonyl (C=O) groups excluding carboxylic acids is 1. The Morgan fingerprint density at radius 1 is 1.43 bits per heavy atom. The van der Waals surface area contributed by atoms with Crippen molar-refractivity contribution in [3.63, 3.8) is 0 Å². The fourth-order valence-corrected chi connectivity index (χ4v) is 3.27. The molecule has 1 fully saturated rings. The summed E-state index contributed by atoms with van der Waals surface area (Å²) in [5.41, 5.74) is 2.70. The number of amides is 1. The summed E-state index contributed by atoms with van der Waals surface area (Å²) in [5, 5.41) is 2.99. The lowest BCUT2D eigenvalue weighted by molar-refractivity contribution is -0.118. The second-order valence-electron chi connectivity index (χ2n) is 5.63. The van der Waals surface area contributed by atoms with Gasteiger partial charge in [-0.2, -0.15) is 0 Å². The maximum atomic E-state index is 12.4. The molecule has 1 aromatic carbocycles. The Morgan fingerprint density at radius 3 is 3.05 bits per heavy atom. The molecule has 0 aliphatic carbocycles. The smallest absolute Gasteiger partial charge is 0.249 e. The number of benzodiazepines with no additional fused rings is 1. The molecule has 5 heteroatoms. The molecule has 2 unspecified atom stereocenters. The Morgan fingerprint density at radius 2 is 2.29 bits per heavy atom. The highest BCUT2D eigenvalue weighted by atomic mass is 79.9. The summed E-state index contributed by atoms with van der Waals surface area (Å²) in [5.74, 6) is -0.0374. The predicted octanol–water partition coefficient (Wildman–Crippen LogP) is 3.54. The van der Waals surface area contributed by atoms with E-state index in [0.717, 1.165) is 40.9 Å². The summed E-state index contributed by atoms with van der Waals surface area (Å²) < 4.78 is 6.73. The van der Waals surface area contributed by atoms with Gasteiger partial charge in [-0.05, 0) is 44.4 Å². The fraction of sp³-hybridized carbons (Fsp3) is 0.500. The molecule has 21 heavy (non-hydrogen) atoms. The average Bonchev–Trinajstić information content (AvgIpc) is 2.59. The molecule has 1 N–H and O–H groups in total. The van der Waals surface area contributed by atoms with Gasteiger partial charge in [-0.1, -0.05) is 15.9 Å². The van der Waals surface area contributed by atoms with Crippen molar-refractivity contribution >= 4 is 33.2 Å². The van der Waals surface area contributed by atoms with Crippen LogP contribution in [0.15, 0.2) is 27.7 Å². The number of benzene rings is 1. The molecule has 2 aliphatic heterocycles. The second-order valence-corrected chi connectivity index (χ2v) is 6.55. The van der Waals surface area contributed by atoms with Gasteiger partial charge < -0.3 is 10.1 Å². The van der Waals surface area contributed by atoms with E-state index < -0.39 is 0 Å². The minimum atomic E-state index is -0.362. The minimum Gasteiger partial charge on any atom is -0.378 e. The molecule has 1 amide bonds. The number of fused-ring (bicyclic) bond motifs is 1. The van der Waals surface area contributed by atoms with Gasteiger partial charge in [0.2, 0.25) is 5.91 Å². The summed E-state index contributed by atoms with van der Waals surface area (Å²) in [4.78, 5) is 17.0. The van der Waals surface area contributed by atoms with Crippen molar-refractivity contribution in [2.75, 3.05) is 11.9 Å². The van der Waals surface area contributed by atoms with Gasteiger partial charge in [0, 0.05) is 34.5 Å². The summed E-state index contributed by atoms with van der Waals surface area (Å²) in [6.45, 7) is 2.76. The molecule has 2 aliphatic rings. The van der Waals surface area contributed by atoms with Crippen molar-refractivity contribution in [2.45, 2.75) is 44.8 Å². The number of hydrogen-bond acceptors (Lipinski definition) is 3. The molecule has 1 aromatic rings. The minimum absolute atomic E-state index is 0.0374. The van der Waals surface area contributed by atoms with Crippen LogP contribution in [0.2, 0.25) is 0 Å². The summed E-state index contributed by atoms with van der Waals surface area (Å²) >= 11 is 3.47. The average molecular weight is 351 g/mol. The molecular weight excluding hydrogens is 332 g/mol. The highest BCUT2D eigenvalue weighted by Gasteiger charge is 2.27. The second kappa shape index (κ2) is 6.28. The molecule has 0 spiro atoms. The Balaban J connectivity index is 1.82. The maximum Gasteiger partial charge on any atom is 0.249 e. The molecule has 0 bridgehead atoms. The number of hydrogen-bond donors (Lipinski definition) is 1. The zero-order valence-electron chi connectivity index (χ0n) is 12.1. The summed E-state index contributed by atoms with van der Waals surface area (Å²) in [6.07, 6.45) is 4.14. The van der Waals surface area contributed by atoms with Gasteiger partial charge in [-0.3, -0.25) is 9.79 Å². The van der Waals surface area contributed by atoms with Crippen molar-refractivity contribution < 1.29 is 9.53 Å². The third kappa shape index (κ3) is 3.35. The van der Waals surface area contributed by atoms with Crippen LogP contribution < -0.4 is 5.32 Å². The maximum absolute atomic E-state index is 12.4. The number of anilines is 1. The van der Waals surface area contributed by atoms with Gasteiger partial charge in [-0.25, -0.2) is 0 Å². The van der Waals surface area contributed by atoms with Crippen LogP contribution >= 0.6 is 15.9 Å². The molecular formula is C16H19BrN2O2. The van der Waals surface area contributed by atoms with E-state index in [1.54, 1.807) is 0 Å². The van der Waals surface area contributed by atoms with E-state index in [4.69, 9.17) is 4.74 Å². The first-order chi connectivity index (χ1) is 10.1. The van der Waals surface area contributed by atoms with Crippen LogP contribution in [0.5, 0.6) is 0 Å². The molecule has 112 valence electrons.